The predicted molar refractivity (Wildman–Crippen MR) is 44.5 cm³/mol. The Morgan fingerprint density at radius 1 is 1.58 bits per heavy atom. The fraction of sp³-hybridized carbons (Fsp3) is 0.889. The van der Waals surface area contributed by atoms with Crippen LogP contribution in [0.2, 0.25) is 0 Å². The third kappa shape index (κ3) is 1.97. The van der Waals surface area contributed by atoms with Crippen LogP contribution in [0.25, 0.3) is 0 Å². The molecule has 0 amide bonds. The first kappa shape index (κ1) is 9.52. The second kappa shape index (κ2) is 4.45. The summed E-state index contributed by atoms with van der Waals surface area (Å²) in [5, 5.41) is 8.75. The van der Waals surface area contributed by atoms with E-state index in [0.717, 1.165) is 25.7 Å². The molecule has 0 aliphatic heterocycles. The van der Waals surface area contributed by atoms with E-state index in [1.165, 1.54) is 7.11 Å². The van der Waals surface area contributed by atoms with E-state index in [0.29, 0.717) is 5.92 Å². The molecule has 1 fully saturated rings. The van der Waals surface area contributed by atoms with Gasteiger partial charge in [-0.3, -0.25) is 4.79 Å². The molecule has 0 heterocycles. The fourth-order valence-corrected chi connectivity index (χ4v) is 2.01. The second-order valence-corrected chi connectivity index (χ2v) is 3.33. The van der Waals surface area contributed by atoms with Crippen LogP contribution in [-0.4, -0.2) is 24.8 Å². The summed E-state index contributed by atoms with van der Waals surface area (Å²) in [6, 6.07) is 0. The molecule has 0 radical (unpaired) electrons. The standard InChI is InChI=1S/C9H16O3/c1-12-9(11)8-4-2-3-7(8)5-6-10/h7-8,10H,2-6H2,1H3. The van der Waals surface area contributed by atoms with Crippen molar-refractivity contribution in [3.8, 4) is 0 Å². The quantitative estimate of drug-likeness (QED) is 0.645. The zero-order chi connectivity index (χ0) is 8.97. The lowest BCUT2D eigenvalue weighted by atomic mass is 9.93. The molecule has 1 N–H and O–H groups in total. The predicted octanol–water partition coefficient (Wildman–Crippen LogP) is 0.958. The van der Waals surface area contributed by atoms with Gasteiger partial charge < -0.3 is 9.84 Å². The lowest BCUT2D eigenvalue weighted by molar-refractivity contribution is -0.146. The van der Waals surface area contributed by atoms with Crippen LogP contribution < -0.4 is 0 Å². The Kier molecular flexibility index (Phi) is 3.53. The van der Waals surface area contributed by atoms with E-state index < -0.39 is 0 Å². The first-order valence-electron chi connectivity index (χ1n) is 4.48. The van der Waals surface area contributed by atoms with Crippen LogP contribution in [0.4, 0.5) is 0 Å². The van der Waals surface area contributed by atoms with Crippen LogP contribution >= 0.6 is 0 Å². The van der Waals surface area contributed by atoms with Gasteiger partial charge in [0.1, 0.15) is 0 Å². The van der Waals surface area contributed by atoms with Crippen molar-refractivity contribution < 1.29 is 14.6 Å². The average Bonchev–Trinajstić information content (AvgIpc) is 2.52. The Morgan fingerprint density at radius 3 is 2.92 bits per heavy atom. The number of carbonyl (C=O) groups excluding carboxylic acids is 1. The zero-order valence-corrected chi connectivity index (χ0v) is 7.45. The smallest absolute Gasteiger partial charge is 0.308 e. The first-order chi connectivity index (χ1) is 5.79. The summed E-state index contributed by atoms with van der Waals surface area (Å²) in [5.41, 5.74) is 0. The third-order valence-electron chi connectivity index (χ3n) is 2.66. The van der Waals surface area contributed by atoms with Crippen LogP contribution in [0.15, 0.2) is 0 Å². The number of carbonyl (C=O) groups is 1. The molecule has 1 aliphatic carbocycles. The monoisotopic (exact) mass is 172 g/mol. The van der Waals surface area contributed by atoms with Crippen LogP contribution in [0.1, 0.15) is 25.7 Å². The molecule has 3 heteroatoms. The summed E-state index contributed by atoms with van der Waals surface area (Å²) in [7, 11) is 1.43. The van der Waals surface area contributed by atoms with Gasteiger partial charge in [0.2, 0.25) is 0 Å². The van der Waals surface area contributed by atoms with Gasteiger partial charge in [-0.25, -0.2) is 0 Å². The van der Waals surface area contributed by atoms with Gasteiger partial charge in [0.05, 0.1) is 13.0 Å². The Balaban J connectivity index is 2.45. The van der Waals surface area contributed by atoms with Crippen molar-refractivity contribution in [2.45, 2.75) is 25.7 Å². The average molecular weight is 172 g/mol. The maximum atomic E-state index is 11.2. The summed E-state index contributed by atoms with van der Waals surface area (Å²) in [5.74, 6) is 0.288. The number of hydrogen-bond acceptors (Lipinski definition) is 3. The van der Waals surface area contributed by atoms with E-state index in [4.69, 9.17) is 9.84 Å². The van der Waals surface area contributed by atoms with Crippen LogP contribution in [0.3, 0.4) is 0 Å². The molecule has 0 saturated heterocycles. The van der Waals surface area contributed by atoms with Crippen molar-refractivity contribution in [1.82, 2.24) is 0 Å². The van der Waals surface area contributed by atoms with Crippen molar-refractivity contribution in [3.05, 3.63) is 0 Å². The molecular weight excluding hydrogens is 156 g/mol. The first-order valence-corrected chi connectivity index (χ1v) is 4.48. The van der Waals surface area contributed by atoms with E-state index in [1.807, 2.05) is 0 Å². The summed E-state index contributed by atoms with van der Waals surface area (Å²) in [6.45, 7) is 0.179. The Bertz CT molecular complexity index is 156. The van der Waals surface area contributed by atoms with Gasteiger partial charge in [-0.1, -0.05) is 6.42 Å². The normalized spacial score (nSPS) is 28.8. The van der Waals surface area contributed by atoms with E-state index in [2.05, 4.69) is 0 Å². The molecule has 3 nitrogen and oxygen atoms in total. The van der Waals surface area contributed by atoms with Gasteiger partial charge in [0.15, 0.2) is 0 Å². The number of ether oxygens (including phenoxy) is 1. The lowest BCUT2D eigenvalue weighted by Crippen LogP contribution is -2.20. The van der Waals surface area contributed by atoms with Crippen LogP contribution in [0.5, 0.6) is 0 Å². The largest absolute Gasteiger partial charge is 0.469 e. The minimum Gasteiger partial charge on any atom is -0.469 e. The summed E-state index contributed by atoms with van der Waals surface area (Å²) in [4.78, 5) is 11.2. The number of methoxy groups -OCH3 is 1. The van der Waals surface area contributed by atoms with Gasteiger partial charge in [-0.15, -0.1) is 0 Å². The topological polar surface area (TPSA) is 46.5 Å². The minimum atomic E-state index is -0.106. The second-order valence-electron chi connectivity index (χ2n) is 3.33. The van der Waals surface area contributed by atoms with E-state index in [9.17, 15) is 4.79 Å². The number of rotatable bonds is 3. The number of hydrogen-bond donors (Lipinski definition) is 1. The minimum absolute atomic E-state index is 0.0437. The Labute approximate surface area is 72.7 Å². The third-order valence-corrected chi connectivity index (χ3v) is 2.66. The number of esters is 1. The van der Waals surface area contributed by atoms with E-state index in [1.54, 1.807) is 0 Å². The van der Waals surface area contributed by atoms with Crippen molar-refractivity contribution in [2.75, 3.05) is 13.7 Å². The highest BCUT2D eigenvalue weighted by Crippen LogP contribution is 2.34. The van der Waals surface area contributed by atoms with Gasteiger partial charge in [-0.05, 0) is 25.2 Å². The van der Waals surface area contributed by atoms with E-state index in [-0.39, 0.29) is 18.5 Å². The van der Waals surface area contributed by atoms with Gasteiger partial charge in [0.25, 0.3) is 0 Å². The molecule has 0 aromatic heterocycles. The molecular formula is C9H16O3. The highest BCUT2D eigenvalue weighted by atomic mass is 16.5. The van der Waals surface area contributed by atoms with Gasteiger partial charge >= 0.3 is 5.97 Å². The fourth-order valence-electron chi connectivity index (χ4n) is 2.01. The van der Waals surface area contributed by atoms with Crippen molar-refractivity contribution in [1.29, 1.82) is 0 Å². The van der Waals surface area contributed by atoms with Crippen LogP contribution in [0, 0.1) is 11.8 Å². The molecule has 0 bridgehead atoms. The van der Waals surface area contributed by atoms with Gasteiger partial charge in [0, 0.05) is 6.61 Å². The summed E-state index contributed by atoms with van der Waals surface area (Å²) >= 11 is 0. The van der Waals surface area contributed by atoms with Crippen LogP contribution in [-0.2, 0) is 9.53 Å². The Hall–Kier alpha value is -0.570. The maximum absolute atomic E-state index is 11.2. The highest BCUT2D eigenvalue weighted by molar-refractivity contribution is 5.72. The molecule has 1 aliphatic rings. The maximum Gasteiger partial charge on any atom is 0.308 e. The molecule has 0 aromatic carbocycles. The summed E-state index contributed by atoms with van der Waals surface area (Å²) in [6.07, 6.45) is 3.81. The number of aliphatic hydroxyl groups excluding tert-OH is 1. The molecule has 0 spiro atoms. The van der Waals surface area contributed by atoms with Crippen molar-refractivity contribution in [3.63, 3.8) is 0 Å². The zero-order valence-electron chi connectivity index (χ0n) is 7.45. The number of aliphatic hydroxyl groups is 1. The molecule has 12 heavy (non-hydrogen) atoms. The Morgan fingerprint density at radius 2 is 2.33 bits per heavy atom. The van der Waals surface area contributed by atoms with Crippen molar-refractivity contribution in [2.24, 2.45) is 11.8 Å². The SMILES string of the molecule is COC(=O)C1CCCC1CCO. The van der Waals surface area contributed by atoms with Gasteiger partial charge in [-0.2, -0.15) is 0 Å². The molecule has 2 atom stereocenters. The molecule has 2 unspecified atom stereocenters. The molecule has 1 rings (SSSR count). The lowest BCUT2D eigenvalue weighted by Gasteiger charge is -2.15. The van der Waals surface area contributed by atoms with Crippen molar-refractivity contribution >= 4 is 5.97 Å². The molecule has 1 saturated carbocycles. The highest BCUT2D eigenvalue weighted by Gasteiger charge is 2.32. The molecule has 0 aromatic rings. The summed E-state index contributed by atoms with van der Waals surface area (Å²) < 4.78 is 4.69. The molecule has 70 valence electrons. The van der Waals surface area contributed by atoms with E-state index >= 15 is 0 Å².